The third kappa shape index (κ3) is 3.64. The molecule has 2 rings (SSSR count). The molecule has 94 valence electrons. The van der Waals surface area contributed by atoms with E-state index < -0.39 is 0 Å². The largest absolute Gasteiger partial charge is 0.370 e. The molecule has 0 amide bonds. The highest BCUT2D eigenvalue weighted by Gasteiger charge is 2.19. The van der Waals surface area contributed by atoms with E-state index in [0.29, 0.717) is 0 Å². The Morgan fingerprint density at radius 2 is 2.35 bits per heavy atom. The van der Waals surface area contributed by atoms with Crippen molar-refractivity contribution in [3.05, 3.63) is 16.5 Å². The first-order valence-corrected chi connectivity index (χ1v) is 6.92. The van der Waals surface area contributed by atoms with Crippen molar-refractivity contribution in [2.24, 2.45) is 5.92 Å². The summed E-state index contributed by atoms with van der Waals surface area (Å²) in [5.41, 5.74) is 0. The summed E-state index contributed by atoms with van der Waals surface area (Å²) in [6.45, 7) is 5.45. The summed E-state index contributed by atoms with van der Waals surface area (Å²) in [4.78, 5) is 11.1. The first kappa shape index (κ1) is 12.8. The SMILES string of the molecule is CCc1nc(Br)cc(NCC2CCN(C)C2)n1. The number of rotatable bonds is 4. The average molecular weight is 299 g/mol. The summed E-state index contributed by atoms with van der Waals surface area (Å²) in [6, 6.07) is 1.94. The maximum atomic E-state index is 4.47. The fraction of sp³-hybridized carbons (Fsp3) is 0.667. The van der Waals surface area contributed by atoms with Gasteiger partial charge in [0.15, 0.2) is 0 Å². The van der Waals surface area contributed by atoms with Gasteiger partial charge in [0.1, 0.15) is 16.2 Å². The van der Waals surface area contributed by atoms with Crippen molar-refractivity contribution in [3.8, 4) is 0 Å². The molecule has 4 nitrogen and oxygen atoms in total. The van der Waals surface area contributed by atoms with Crippen LogP contribution in [0.15, 0.2) is 10.7 Å². The van der Waals surface area contributed by atoms with Gasteiger partial charge in [-0.2, -0.15) is 0 Å². The van der Waals surface area contributed by atoms with E-state index in [1.807, 2.05) is 6.07 Å². The lowest BCUT2D eigenvalue weighted by molar-refractivity contribution is 0.399. The minimum atomic E-state index is 0.735. The summed E-state index contributed by atoms with van der Waals surface area (Å²) >= 11 is 3.42. The number of halogens is 1. The predicted octanol–water partition coefficient (Wildman–Crippen LogP) is 2.17. The van der Waals surface area contributed by atoms with Crippen LogP contribution in [0.2, 0.25) is 0 Å². The van der Waals surface area contributed by atoms with Crippen molar-refractivity contribution >= 4 is 21.7 Å². The maximum Gasteiger partial charge on any atom is 0.131 e. The van der Waals surface area contributed by atoms with E-state index in [9.17, 15) is 0 Å². The minimum Gasteiger partial charge on any atom is -0.370 e. The molecule has 1 aromatic heterocycles. The molecule has 0 bridgehead atoms. The molecule has 2 heterocycles. The van der Waals surface area contributed by atoms with E-state index in [4.69, 9.17) is 0 Å². The number of aromatic nitrogens is 2. The lowest BCUT2D eigenvalue weighted by atomic mass is 10.1. The molecule has 1 aliphatic rings. The highest BCUT2D eigenvalue weighted by atomic mass is 79.9. The zero-order chi connectivity index (χ0) is 12.3. The Balaban J connectivity index is 1.92. The summed E-state index contributed by atoms with van der Waals surface area (Å²) in [6.07, 6.45) is 2.14. The normalized spacial score (nSPS) is 20.8. The first-order chi connectivity index (χ1) is 8.17. The first-order valence-electron chi connectivity index (χ1n) is 6.13. The van der Waals surface area contributed by atoms with Crippen molar-refractivity contribution < 1.29 is 0 Å². The number of likely N-dealkylation sites (tertiary alicyclic amines) is 1. The Morgan fingerprint density at radius 1 is 1.53 bits per heavy atom. The molecular formula is C12H19BrN4. The molecule has 1 N–H and O–H groups in total. The van der Waals surface area contributed by atoms with Crippen molar-refractivity contribution in [2.45, 2.75) is 19.8 Å². The Labute approximate surface area is 111 Å². The molecule has 1 atom stereocenters. The van der Waals surface area contributed by atoms with Gasteiger partial charge < -0.3 is 10.2 Å². The summed E-state index contributed by atoms with van der Waals surface area (Å²) in [5.74, 6) is 2.54. The van der Waals surface area contributed by atoms with Crippen molar-refractivity contribution in [2.75, 3.05) is 32.0 Å². The molecule has 1 aliphatic heterocycles. The maximum absolute atomic E-state index is 4.47. The molecule has 5 heteroatoms. The van der Waals surface area contributed by atoms with Crippen LogP contribution in [0.5, 0.6) is 0 Å². The van der Waals surface area contributed by atoms with Crippen molar-refractivity contribution in [1.29, 1.82) is 0 Å². The van der Waals surface area contributed by atoms with Crippen LogP contribution >= 0.6 is 15.9 Å². The van der Waals surface area contributed by atoms with Crippen LogP contribution in [0.1, 0.15) is 19.2 Å². The molecule has 0 saturated carbocycles. The summed E-state index contributed by atoms with van der Waals surface area (Å²) in [7, 11) is 2.18. The highest BCUT2D eigenvalue weighted by molar-refractivity contribution is 9.10. The average Bonchev–Trinajstić information content (AvgIpc) is 2.72. The second-order valence-corrected chi connectivity index (χ2v) is 5.46. The molecule has 0 aromatic carbocycles. The number of nitrogens with one attached hydrogen (secondary N) is 1. The van der Waals surface area contributed by atoms with Crippen LogP contribution in [0.4, 0.5) is 5.82 Å². The van der Waals surface area contributed by atoms with Crippen LogP contribution in [-0.2, 0) is 6.42 Å². The number of anilines is 1. The monoisotopic (exact) mass is 298 g/mol. The Kier molecular flexibility index (Phi) is 4.34. The van der Waals surface area contributed by atoms with Gasteiger partial charge in [-0.1, -0.05) is 6.92 Å². The van der Waals surface area contributed by atoms with Gasteiger partial charge in [-0.3, -0.25) is 0 Å². The second kappa shape index (κ2) is 5.78. The highest BCUT2D eigenvalue weighted by Crippen LogP contribution is 2.17. The van der Waals surface area contributed by atoms with Gasteiger partial charge in [-0.15, -0.1) is 0 Å². The Morgan fingerprint density at radius 3 is 3.00 bits per heavy atom. The lowest BCUT2D eigenvalue weighted by Gasteiger charge is -2.12. The zero-order valence-electron chi connectivity index (χ0n) is 10.4. The predicted molar refractivity (Wildman–Crippen MR) is 73.2 cm³/mol. The topological polar surface area (TPSA) is 41.1 Å². The third-order valence-electron chi connectivity index (χ3n) is 3.12. The molecule has 0 spiro atoms. The summed E-state index contributed by atoms with van der Waals surface area (Å²) < 4.78 is 0.857. The van der Waals surface area contributed by atoms with E-state index in [0.717, 1.165) is 35.1 Å². The second-order valence-electron chi connectivity index (χ2n) is 4.64. The standard InChI is InChI=1S/C12H19BrN4/c1-3-11-15-10(13)6-12(16-11)14-7-9-4-5-17(2)8-9/h6,9H,3-5,7-8H2,1-2H3,(H,14,15,16). The van der Waals surface area contributed by atoms with E-state index in [1.165, 1.54) is 19.5 Å². The van der Waals surface area contributed by atoms with Crippen molar-refractivity contribution in [1.82, 2.24) is 14.9 Å². The van der Waals surface area contributed by atoms with Crippen molar-refractivity contribution in [3.63, 3.8) is 0 Å². The number of hydrogen-bond acceptors (Lipinski definition) is 4. The summed E-state index contributed by atoms with van der Waals surface area (Å²) in [5, 5.41) is 3.41. The van der Waals surface area contributed by atoms with Gasteiger partial charge in [0.25, 0.3) is 0 Å². The van der Waals surface area contributed by atoms with Gasteiger partial charge in [-0.25, -0.2) is 9.97 Å². The van der Waals surface area contributed by atoms with E-state index >= 15 is 0 Å². The molecule has 1 saturated heterocycles. The third-order valence-corrected chi connectivity index (χ3v) is 3.52. The van der Waals surface area contributed by atoms with E-state index in [2.05, 4.69) is 50.1 Å². The molecule has 1 unspecified atom stereocenters. The molecule has 0 aliphatic carbocycles. The van der Waals surface area contributed by atoms with Gasteiger partial charge in [0.05, 0.1) is 0 Å². The number of nitrogens with zero attached hydrogens (tertiary/aromatic N) is 3. The molecule has 17 heavy (non-hydrogen) atoms. The number of hydrogen-bond donors (Lipinski definition) is 1. The van der Waals surface area contributed by atoms with E-state index in [-0.39, 0.29) is 0 Å². The molecule has 0 radical (unpaired) electrons. The number of aryl methyl sites for hydroxylation is 1. The van der Waals surface area contributed by atoms with Crippen LogP contribution in [-0.4, -0.2) is 41.5 Å². The van der Waals surface area contributed by atoms with Crippen LogP contribution < -0.4 is 5.32 Å². The van der Waals surface area contributed by atoms with Gasteiger partial charge in [0, 0.05) is 25.6 Å². The molecule has 1 aromatic rings. The quantitative estimate of drug-likeness (QED) is 0.865. The van der Waals surface area contributed by atoms with Gasteiger partial charge >= 0.3 is 0 Å². The fourth-order valence-electron chi connectivity index (χ4n) is 2.16. The Bertz CT molecular complexity index is 383. The van der Waals surface area contributed by atoms with Gasteiger partial charge in [-0.05, 0) is 41.9 Å². The van der Waals surface area contributed by atoms with Crippen LogP contribution in [0.3, 0.4) is 0 Å². The van der Waals surface area contributed by atoms with Crippen LogP contribution in [0, 0.1) is 5.92 Å². The molecule has 1 fully saturated rings. The lowest BCUT2D eigenvalue weighted by Crippen LogP contribution is -2.19. The Hall–Kier alpha value is -0.680. The van der Waals surface area contributed by atoms with Gasteiger partial charge in [0.2, 0.25) is 0 Å². The van der Waals surface area contributed by atoms with E-state index in [1.54, 1.807) is 0 Å². The minimum absolute atomic E-state index is 0.735. The molecular weight excluding hydrogens is 280 g/mol. The van der Waals surface area contributed by atoms with Crippen LogP contribution in [0.25, 0.3) is 0 Å². The smallest absolute Gasteiger partial charge is 0.131 e. The zero-order valence-corrected chi connectivity index (χ0v) is 12.0. The fourth-order valence-corrected chi connectivity index (χ4v) is 2.58.